The maximum atomic E-state index is 6.07. The summed E-state index contributed by atoms with van der Waals surface area (Å²) in [6.07, 6.45) is 6.49. The van der Waals surface area contributed by atoms with Gasteiger partial charge in [0.2, 0.25) is 0 Å². The van der Waals surface area contributed by atoms with Crippen molar-refractivity contribution in [1.82, 2.24) is 0 Å². The molecule has 5 nitrogen and oxygen atoms in total. The van der Waals surface area contributed by atoms with E-state index in [1.54, 1.807) is 21.3 Å². The molecule has 0 aromatic rings. The van der Waals surface area contributed by atoms with E-state index in [-0.39, 0.29) is 6.04 Å². The second-order valence-electron chi connectivity index (χ2n) is 4.59. The second kappa shape index (κ2) is 10.9. The van der Waals surface area contributed by atoms with Crippen molar-refractivity contribution in [2.24, 2.45) is 11.5 Å². The fraction of sp³-hybridized carbons (Fsp3) is 1.00. The van der Waals surface area contributed by atoms with Crippen molar-refractivity contribution in [3.63, 3.8) is 0 Å². The quantitative estimate of drug-likeness (QED) is 0.418. The summed E-state index contributed by atoms with van der Waals surface area (Å²) >= 11 is 0. The highest BCUT2D eigenvalue weighted by molar-refractivity contribution is 6.60. The molecule has 0 spiro atoms. The fourth-order valence-corrected chi connectivity index (χ4v) is 3.76. The molecule has 6 heteroatoms. The summed E-state index contributed by atoms with van der Waals surface area (Å²) in [5.41, 5.74) is 11.5. The molecule has 0 amide bonds. The molecule has 4 N–H and O–H groups in total. The van der Waals surface area contributed by atoms with E-state index in [1.807, 2.05) is 0 Å². The van der Waals surface area contributed by atoms with Gasteiger partial charge in [-0.1, -0.05) is 12.8 Å². The van der Waals surface area contributed by atoms with Crippen LogP contribution < -0.4 is 11.5 Å². The Labute approximate surface area is 113 Å². The van der Waals surface area contributed by atoms with Crippen LogP contribution in [0.1, 0.15) is 38.5 Å². The summed E-state index contributed by atoms with van der Waals surface area (Å²) in [6.45, 7) is 0.777. The minimum absolute atomic E-state index is 0.264. The van der Waals surface area contributed by atoms with Crippen molar-refractivity contribution < 1.29 is 13.3 Å². The molecule has 0 fully saturated rings. The first kappa shape index (κ1) is 18.0. The van der Waals surface area contributed by atoms with Gasteiger partial charge >= 0.3 is 8.80 Å². The van der Waals surface area contributed by atoms with Gasteiger partial charge in [-0.25, -0.2) is 0 Å². The lowest BCUT2D eigenvalue weighted by Gasteiger charge is -2.24. The smallest absolute Gasteiger partial charge is 0.377 e. The number of hydrogen-bond donors (Lipinski definition) is 2. The molecule has 0 saturated heterocycles. The SMILES string of the molecule is CO[Si](CCCC(N)CCCCCN)(OC)OC. The molecule has 18 heavy (non-hydrogen) atoms. The number of nitrogens with two attached hydrogens (primary N) is 2. The zero-order valence-corrected chi connectivity index (χ0v) is 13.1. The van der Waals surface area contributed by atoms with Crippen LogP contribution in [0.2, 0.25) is 6.04 Å². The summed E-state index contributed by atoms with van der Waals surface area (Å²) in [5.74, 6) is 0. The molecule has 0 heterocycles. The lowest BCUT2D eigenvalue weighted by molar-refractivity contribution is 0.122. The van der Waals surface area contributed by atoms with Gasteiger partial charge in [-0.2, -0.15) is 0 Å². The van der Waals surface area contributed by atoms with Gasteiger partial charge in [0, 0.05) is 33.4 Å². The fourth-order valence-electron chi connectivity index (χ4n) is 2.01. The van der Waals surface area contributed by atoms with Crippen molar-refractivity contribution in [2.75, 3.05) is 27.9 Å². The highest BCUT2D eigenvalue weighted by Gasteiger charge is 2.36. The molecule has 0 aliphatic carbocycles. The van der Waals surface area contributed by atoms with Gasteiger partial charge in [-0.05, 0) is 32.2 Å². The van der Waals surface area contributed by atoms with Crippen LogP contribution >= 0.6 is 0 Å². The average molecular weight is 278 g/mol. The molecule has 1 atom stereocenters. The summed E-state index contributed by atoms with van der Waals surface area (Å²) < 4.78 is 16.1. The number of unbranched alkanes of at least 4 members (excludes halogenated alkanes) is 2. The molecule has 110 valence electrons. The summed E-state index contributed by atoms with van der Waals surface area (Å²) in [6, 6.07) is 1.09. The van der Waals surface area contributed by atoms with Crippen molar-refractivity contribution in [2.45, 2.75) is 50.6 Å². The van der Waals surface area contributed by atoms with Gasteiger partial charge in [0.25, 0.3) is 0 Å². The van der Waals surface area contributed by atoms with Crippen LogP contribution in [0.3, 0.4) is 0 Å². The molecule has 0 aliphatic heterocycles. The Morgan fingerprint density at radius 2 is 1.44 bits per heavy atom. The lowest BCUT2D eigenvalue weighted by atomic mass is 10.1. The van der Waals surface area contributed by atoms with Crippen LogP contribution in [0.25, 0.3) is 0 Å². The monoisotopic (exact) mass is 278 g/mol. The zero-order valence-electron chi connectivity index (χ0n) is 12.1. The van der Waals surface area contributed by atoms with E-state index in [1.165, 1.54) is 12.8 Å². The average Bonchev–Trinajstić information content (AvgIpc) is 2.40. The van der Waals surface area contributed by atoms with Crippen molar-refractivity contribution >= 4 is 8.80 Å². The van der Waals surface area contributed by atoms with E-state index in [9.17, 15) is 0 Å². The third kappa shape index (κ3) is 7.45. The first-order valence-corrected chi connectivity index (χ1v) is 8.68. The molecule has 0 aromatic heterocycles. The first-order valence-electron chi connectivity index (χ1n) is 6.75. The van der Waals surface area contributed by atoms with Crippen LogP contribution in [0.15, 0.2) is 0 Å². The highest BCUT2D eigenvalue weighted by atomic mass is 28.4. The van der Waals surface area contributed by atoms with E-state index in [0.29, 0.717) is 0 Å². The van der Waals surface area contributed by atoms with Gasteiger partial charge in [0.05, 0.1) is 0 Å². The van der Waals surface area contributed by atoms with Gasteiger partial charge in [-0.15, -0.1) is 0 Å². The Morgan fingerprint density at radius 1 is 0.889 bits per heavy atom. The number of hydrogen-bond acceptors (Lipinski definition) is 5. The van der Waals surface area contributed by atoms with Gasteiger partial charge in [0.1, 0.15) is 0 Å². The van der Waals surface area contributed by atoms with E-state index in [2.05, 4.69) is 0 Å². The number of rotatable bonds is 12. The summed E-state index contributed by atoms with van der Waals surface area (Å²) in [7, 11) is 2.53. The molecule has 1 unspecified atom stereocenters. The third-order valence-corrected chi connectivity index (χ3v) is 6.10. The Balaban J connectivity index is 3.68. The highest BCUT2D eigenvalue weighted by Crippen LogP contribution is 2.18. The van der Waals surface area contributed by atoms with Crippen LogP contribution in [0, 0.1) is 0 Å². The molecular weight excluding hydrogens is 248 g/mol. The summed E-state index contributed by atoms with van der Waals surface area (Å²) in [5, 5.41) is 0. The molecule has 0 saturated carbocycles. The largest absolute Gasteiger partial charge is 0.500 e. The third-order valence-electron chi connectivity index (χ3n) is 3.27. The van der Waals surface area contributed by atoms with Crippen LogP contribution in [-0.4, -0.2) is 42.7 Å². The topological polar surface area (TPSA) is 79.7 Å². The minimum Gasteiger partial charge on any atom is -0.377 e. The molecule has 0 radical (unpaired) electrons. The van der Waals surface area contributed by atoms with Crippen molar-refractivity contribution in [3.05, 3.63) is 0 Å². The van der Waals surface area contributed by atoms with Crippen LogP contribution in [0.4, 0.5) is 0 Å². The molecule has 0 bridgehead atoms. The standard InChI is InChI=1S/C12H30N2O3Si/c1-15-18(16-2,17-3)11-7-9-12(14)8-5-4-6-10-13/h12H,4-11,13-14H2,1-3H3. The lowest BCUT2D eigenvalue weighted by Crippen LogP contribution is -2.42. The molecular formula is C12H30N2O3Si. The Morgan fingerprint density at radius 3 is 1.94 bits per heavy atom. The Hall–Kier alpha value is 0.0169. The Kier molecular flexibility index (Phi) is 10.9. The van der Waals surface area contributed by atoms with Crippen LogP contribution in [-0.2, 0) is 13.3 Å². The van der Waals surface area contributed by atoms with E-state index >= 15 is 0 Å². The predicted octanol–water partition coefficient (Wildman–Crippen LogP) is 1.49. The Bertz CT molecular complexity index is 184. The molecule has 0 rings (SSSR count). The van der Waals surface area contributed by atoms with Gasteiger partial charge in [-0.3, -0.25) is 0 Å². The normalized spacial score (nSPS) is 13.8. The van der Waals surface area contributed by atoms with E-state index in [0.717, 1.165) is 38.3 Å². The first-order chi connectivity index (χ1) is 8.64. The second-order valence-corrected chi connectivity index (χ2v) is 7.68. The maximum Gasteiger partial charge on any atom is 0.500 e. The van der Waals surface area contributed by atoms with Crippen LogP contribution in [0.5, 0.6) is 0 Å². The van der Waals surface area contributed by atoms with Gasteiger partial charge < -0.3 is 24.7 Å². The molecule has 0 aliphatic rings. The van der Waals surface area contributed by atoms with Gasteiger partial charge in [0.15, 0.2) is 0 Å². The van der Waals surface area contributed by atoms with Crippen molar-refractivity contribution in [3.8, 4) is 0 Å². The predicted molar refractivity (Wildman–Crippen MR) is 76.3 cm³/mol. The van der Waals surface area contributed by atoms with Crippen molar-refractivity contribution in [1.29, 1.82) is 0 Å². The minimum atomic E-state index is -2.40. The van der Waals surface area contributed by atoms with E-state index in [4.69, 9.17) is 24.7 Å². The summed E-state index contributed by atoms with van der Waals surface area (Å²) in [4.78, 5) is 0. The maximum absolute atomic E-state index is 6.07. The molecule has 0 aromatic carbocycles. The van der Waals surface area contributed by atoms with E-state index < -0.39 is 8.80 Å². The zero-order chi connectivity index (χ0) is 13.9.